The molecule has 0 unspecified atom stereocenters. The Kier molecular flexibility index (Phi) is 6.74. The van der Waals surface area contributed by atoms with Crippen LogP contribution < -0.4 is 0 Å². The second kappa shape index (κ2) is 10.4. The molecule has 9 atom stereocenters. The van der Waals surface area contributed by atoms with E-state index in [1.807, 2.05) is 32.1 Å². The van der Waals surface area contributed by atoms with Crippen molar-refractivity contribution in [2.24, 2.45) is 47.3 Å². The number of unbranched alkanes of at least 4 members (excludes halogenated alkanes) is 1. The molecule has 1 aromatic carbocycles. The summed E-state index contributed by atoms with van der Waals surface area (Å²) in [5.74, 6) is -3.27. The number of aryl methyl sites for hydroxylation is 2. The summed E-state index contributed by atoms with van der Waals surface area (Å²) >= 11 is 0. The van der Waals surface area contributed by atoms with Gasteiger partial charge < -0.3 is 4.74 Å². The molecular weight excluding hydrogens is 548 g/mol. The van der Waals surface area contributed by atoms with Crippen LogP contribution in [-0.4, -0.2) is 64.4 Å². The lowest BCUT2D eigenvalue weighted by molar-refractivity contribution is -0.159. The lowest BCUT2D eigenvalue weighted by atomic mass is 9.85. The molecule has 2 heterocycles. The highest BCUT2D eigenvalue weighted by molar-refractivity contribution is 6.09. The molecule has 7 rings (SSSR count). The molecule has 4 fully saturated rings. The maximum absolute atomic E-state index is 13.6. The second-order valence-corrected chi connectivity index (χ2v) is 13.2. The summed E-state index contributed by atoms with van der Waals surface area (Å²) in [6.07, 6.45) is 10.7. The number of allylic oxidation sites excluding steroid dienone is 4. The molecule has 9 heteroatoms. The topological polar surface area (TPSA) is 118 Å². The lowest BCUT2D eigenvalue weighted by Crippen LogP contribution is -2.47. The first kappa shape index (κ1) is 27.9. The number of imide groups is 2. The highest BCUT2D eigenvalue weighted by Gasteiger charge is 2.61. The summed E-state index contributed by atoms with van der Waals surface area (Å²) in [5.41, 5.74) is 2.41. The summed E-state index contributed by atoms with van der Waals surface area (Å²) in [5, 5.41) is 0. The van der Waals surface area contributed by atoms with E-state index in [1.165, 1.54) is 4.90 Å². The van der Waals surface area contributed by atoms with Crippen molar-refractivity contribution in [1.82, 2.24) is 9.80 Å². The maximum atomic E-state index is 13.6. The highest BCUT2D eigenvalue weighted by Crippen LogP contribution is 2.54. The lowest BCUT2D eigenvalue weighted by Gasteiger charge is -2.26. The Balaban J connectivity index is 1.02. The van der Waals surface area contributed by atoms with Crippen molar-refractivity contribution in [3.8, 4) is 0 Å². The Morgan fingerprint density at radius 2 is 1.30 bits per heavy atom. The van der Waals surface area contributed by atoms with Gasteiger partial charge in [0.15, 0.2) is 12.4 Å². The fourth-order valence-corrected chi connectivity index (χ4v) is 8.61. The first-order valence-corrected chi connectivity index (χ1v) is 15.5. The van der Waals surface area contributed by atoms with Crippen LogP contribution in [0, 0.1) is 61.2 Å². The fraction of sp³-hybridized carbons (Fsp3) is 0.529. The average molecular weight is 585 g/mol. The zero-order valence-electron chi connectivity index (χ0n) is 24.4. The van der Waals surface area contributed by atoms with Crippen LogP contribution in [-0.2, 0) is 28.7 Å². The molecule has 4 bridgehead atoms. The van der Waals surface area contributed by atoms with Crippen molar-refractivity contribution in [1.29, 1.82) is 0 Å². The van der Waals surface area contributed by atoms with Gasteiger partial charge in [-0.2, -0.15) is 0 Å². The second-order valence-electron chi connectivity index (χ2n) is 13.2. The van der Waals surface area contributed by atoms with Crippen molar-refractivity contribution >= 4 is 35.4 Å². The molecule has 6 aliphatic rings. The number of hydrogen-bond donors (Lipinski definition) is 0. The number of carbonyl (C=O) groups excluding carboxylic acids is 6. The van der Waals surface area contributed by atoms with Gasteiger partial charge in [0.2, 0.25) is 23.6 Å². The van der Waals surface area contributed by atoms with E-state index in [1.54, 1.807) is 12.1 Å². The van der Waals surface area contributed by atoms with Crippen LogP contribution in [0.15, 0.2) is 42.5 Å². The van der Waals surface area contributed by atoms with Crippen LogP contribution >= 0.6 is 0 Å². The predicted molar refractivity (Wildman–Crippen MR) is 153 cm³/mol. The number of benzene rings is 1. The van der Waals surface area contributed by atoms with E-state index in [0.29, 0.717) is 18.4 Å². The number of nitrogens with zero attached hydrogens (tertiary/aromatic N) is 2. The quantitative estimate of drug-likeness (QED) is 0.136. The summed E-state index contributed by atoms with van der Waals surface area (Å²) in [4.78, 5) is 82.0. The van der Waals surface area contributed by atoms with Gasteiger partial charge in [-0.15, -0.1) is 0 Å². The van der Waals surface area contributed by atoms with Gasteiger partial charge in [0.25, 0.3) is 0 Å². The minimum atomic E-state index is -1.16. The molecule has 2 saturated carbocycles. The van der Waals surface area contributed by atoms with Crippen molar-refractivity contribution < 1.29 is 33.5 Å². The van der Waals surface area contributed by atoms with Crippen molar-refractivity contribution in [3.05, 3.63) is 59.2 Å². The molecule has 0 N–H and O–H groups in total. The van der Waals surface area contributed by atoms with E-state index in [2.05, 4.69) is 12.2 Å². The van der Waals surface area contributed by atoms with Gasteiger partial charge in [-0.05, 0) is 86.8 Å². The molecule has 43 heavy (non-hydrogen) atoms. The summed E-state index contributed by atoms with van der Waals surface area (Å²) in [7, 11) is 0. The summed E-state index contributed by atoms with van der Waals surface area (Å²) < 4.78 is 5.46. The maximum Gasteiger partial charge on any atom is 0.329 e. The Morgan fingerprint density at radius 3 is 1.84 bits per heavy atom. The van der Waals surface area contributed by atoms with Crippen molar-refractivity contribution in [2.45, 2.75) is 52.0 Å². The minimum absolute atomic E-state index is 0.00380. The monoisotopic (exact) mass is 584 g/mol. The van der Waals surface area contributed by atoms with Gasteiger partial charge in [0.1, 0.15) is 6.04 Å². The van der Waals surface area contributed by atoms with Crippen LogP contribution in [0.2, 0.25) is 0 Å². The number of esters is 1. The number of ether oxygens (including phenoxy) is 1. The first-order chi connectivity index (χ1) is 20.7. The average Bonchev–Trinajstić information content (AvgIpc) is 3.84. The van der Waals surface area contributed by atoms with Crippen LogP contribution in [0.3, 0.4) is 0 Å². The standard InChI is InChI=1S/C34H36N2O7/c1-17-6-7-19(13-18(17)2)25(37)16-43-34(42)24(36-32(40)28-22-10-11-23(15-22)29(28)33(36)41)5-3-4-12-35-30(38)26-20-8-9-21(14-20)27(26)31(35)39/h6-11,13,20-24,26-29H,3-5,12,14-16H2,1-2H3/t20-,21-,22-,23-,24+,26-,27+,28-,29+/m0/s1. The van der Waals surface area contributed by atoms with Gasteiger partial charge >= 0.3 is 5.97 Å². The van der Waals surface area contributed by atoms with Gasteiger partial charge in [0, 0.05) is 12.1 Å². The Labute approximate surface area is 250 Å². The molecule has 0 radical (unpaired) electrons. The van der Waals surface area contributed by atoms with Crippen LogP contribution in [0.4, 0.5) is 0 Å². The normalized spacial score (nSPS) is 33.6. The highest BCUT2D eigenvalue weighted by atomic mass is 16.5. The Bertz CT molecular complexity index is 1450. The van der Waals surface area contributed by atoms with E-state index in [-0.39, 0.29) is 77.9 Å². The van der Waals surface area contributed by atoms with E-state index < -0.39 is 30.5 Å². The molecule has 1 aromatic rings. The first-order valence-electron chi connectivity index (χ1n) is 15.5. The van der Waals surface area contributed by atoms with E-state index in [0.717, 1.165) is 28.9 Å². The van der Waals surface area contributed by atoms with E-state index in [9.17, 15) is 28.8 Å². The van der Waals surface area contributed by atoms with Gasteiger partial charge in [-0.3, -0.25) is 33.8 Å². The molecule has 4 amide bonds. The number of Topliss-reactive ketones (excluding diaryl/α,β-unsaturated/α-hetero) is 1. The van der Waals surface area contributed by atoms with Gasteiger partial charge in [0.05, 0.1) is 23.7 Å². The third kappa shape index (κ3) is 4.33. The third-order valence-electron chi connectivity index (χ3n) is 10.9. The van der Waals surface area contributed by atoms with Crippen molar-refractivity contribution in [2.75, 3.05) is 13.2 Å². The largest absolute Gasteiger partial charge is 0.456 e. The Morgan fingerprint density at radius 1 is 0.767 bits per heavy atom. The van der Waals surface area contributed by atoms with E-state index >= 15 is 0 Å². The number of hydrogen-bond acceptors (Lipinski definition) is 7. The number of fused-ring (bicyclic) bond motifs is 10. The number of likely N-dealkylation sites (tertiary alicyclic amines) is 2. The molecule has 2 aliphatic heterocycles. The molecule has 0 spiro atoms. The minimum Gasteiger partial charge on any atom is -0.456 e. The van der Waals surface area contributed by atoms with Crippen LogP contribution in [0.5, 0.6) is 0 Å². The fourth-order valence-electron chi connectivity index (χ4n) is 8.61. The smallest absolute Gasteiger partial charge is 0.329 e. The van der Waals surface area contributed by atoms with Crippen molar-refractivity contribution in [3.63, 3.8) is 0 Å². The van der Waals surface area contributed by atoms with E-state index in [4.69, 9.17) is 4.74 Å². The van der Waals surface area contributed by atoms with Crippen LogP contribution in [0.1, 0.15) is 53.6 Å². The molecule has 224 valence electrons. The van der Waals surface area contributed by atoms with Crippen LogP contribution in [0.25, 0.3) is 0 Å². The number of carbonyl (C=O) groups is 6. The number of rotatable bonds is 10. The molecular formula is C34H36N2O7. The molecule has 9 nitrogen and oxygen atoms in total. The summed E-state index contributed by atoms with van der Waals surface area (Å²) in [6.45, 7) is 3.58. The molecule has 0 aromatic heterocycles. The van der Waals surface area contributed by atoms with Gasteiger partial charge in [-0.1, -0.05) is 36.4 Å². The zero-order chi connectivity index (χ0) is 30.2. The van der Waals surface area contributed by atoms with Gasteiger partial charge in [-0.25, -0.2) is 4.79 Å². The number of amides is 4. The zero-order valence-corrected chi connectivity index (χ0v) is 24.4. The predicted octanol–water partition coefficient (Wildman–Crippen LogP) is 3.18. The summed E-state index contributed by atoms with van der Waals surface area (Å²) in [6, 6.07) is 4.10. The molecule has 4 aliphatic carbocycles. The SMILES string of the molecule is Cc1ccc(C(=O)COC(=O)[C@@H](CCCCN2C(=O)[C@@H]3[C@H](C2=O)[C@H]2C=C[C@H]3C2)N2C(=O)[C@@H]3[C@H](C2=O)[C@H]2C=C[C@H]3C2)cc1C. The molecule has 2 saturated heterocycles. The Hall–Kier alpha value is -3.88. The number of ketones is 1. The third-order valence-corrected chi connectivity index (χ3v) is 10.9.